The Kier molecular flexibility index (Phi) is 3.29. The van der Waals surface area contributed by atoms with Gasteiger partial charge in [-0.05, 0) is 17.5 Å². The fourth-order valence-electron chi connectivity index (χ4n) is 2.96. The summed E-state index contributed by atoms with van der Waals surface area (Å²) in [6, 6.07) is 8.52. The highest BCUT2D eigenvalue weighted by atomic mass is 16.5. The van der Waals surface area contributed by atoms with Gasteiger partial charge in [0.15, 0.2) is 0 Å². The van der Waals surface area contributed by atoms with Crippen LogP contribution in [0.15, 0.2) is 24.3 Å². The zero-order chi connectivity index (χ0) is 13.3. The number of benzene rings is 1. The van der Waals surface area contributed by atoms with Crippen LogP contribution < -0.4 is 0 Å². The monoisotopic (exact) mass is 261 g/mol. The summed E-state index contributed by atoms with van der Waals surface area (Å²) in [7, 11) is 1.45. The maximum Gasteiger partial charge on any atom is 0.317 e. The highest BCUT2D eigenvalue weighted by Gasteiger charge is 2.48. The van der Waals surface area contributed by atoms with Crippen LogP contribution in [0.25, 0.3) is 0 Å². The molecule has 2 aliphatic rings. The first kappa shape index (κ1) is 12.6. The van der Waals surface area contributed by atoms with Crippen LogP contribution in [-0.2, 0) is 27.2 Å². The third kappa shape index (κ3) is 2.26. The Morgan fingerprint density at radius 3 is 2.74 bits per heavy atom. The highest BCUT2D eigenvalue weighted by Crippen LogP contribution is 2.32. The molecule has 0 N–H and O–H groups in total. The topological polar surface area (TPSA) is 38.8 Å². The average Bonchev–Trinajstić information content (AvgIpc) is 2.42. The first-order valence-corrected chi connectivity index (χ1v) is 6.69. The van der Waals surface area contributed by atoms with Crippen molar-refractivity contribution in [3.63, 3.8) is 0 Å². The minimum Gasteiger partial charge on any atom is -0.468 e. The Hall–Kier alpha value is -1.39. The molecule has 0 saturated carbocycles. The normalized spacial score (nSPS) is 21.3. The van der Waals surface area contributed by atoms with Crippen molar-refractivity contribution in [2.75, 3.05) is 33.4 Å². The Morgan fingerprint density at radius 1 is 1.37 bits per heavy atom. The van der Waals surface area contributed by atoms with Crippen LogP contribution in [0.2, 0.25) is 0 Å². The number of ether oxygens (including phenoxy) is 2. The molecule has 1 fully saturated rings. The Bertz CT molecular complexity index is 482. The van der Waals surface area contributed by atoms with E-state index < -0.39 is 5.41 Å². The molecule has 0 atom stereocenters. The summed E-state index contributed by atoms with van der Waals surface area (Å²) >= 11 is 0. The molecule has 0 spiro atoms. The number of nitrogens with zero attached hydrogens (tertiary/aromatic N) is 1. The lowest BCUT2D eigenvalue weighted by Crippen LogP contribution is -2.56. The van der Waals surface area contributed by atoms with Gasteiger partial charge < -0.3 is 9.47 Å². The van der Waals surface area contributed by atoms with Gasteiger partial charge in [0, 0.05) is 19.6 Å². The van der Waals surface area contributed by atoms with Gasteiger partial charge in [0.2, 0.25) is 0 Å². The minimum atomic E-state index is -0.443. The lowest BCUT2D eigenvalue weighted by molar-refractivity contribution is -0.187. The summed E-state index contributed by atoms with van der Waals surface area (Å²) in [5.74, 6) is -0.141. The third-order valence-corrected chi connectivity index (χ3v) is 4.11. The number of esters is 1. The number of rotatable bonds is 3. The molecule has 4 heteroatoms. The zero-order valence-corrected chi connectivity index (χ0v) is 11.2. The smallest absolute Gasteiger partial charge is 0.317 e. The number of fused-ring (bicyclic) bond motifs is 1. The molecule has 0 aliphatic carbocycles. The molecule has 1 saturated heterocycles. The molecule has 0 amide bonds. The average molecular weight is 261 g/mol. The molecule has 0 radical (unpaired) electrons. The third-order valence-electron chi connectivity index (χ3n) is 4.11. The first-order chi connectivity index (χ1) is 9.23. The molecule has 2 aliphatic heterocycles. The quantitative estimate of drug-likeness (QED) is 0.767. The maximum atomic E-state index is 11.9. The SMILES string of the molecule is COC(=O)C1(CN2CCc3ccccc3C2)COC1. The lowest BCUT2D eigenvalue weighted by Gasteiger charge is -2.43. The van der Waals surface area contributed by atoms with Crippen LogP contribution >= 0.6 is 0 Å². The second-order valence-electron chi connectivity index (χ2n) is 5.49. The van der Waals surface area contributed by atoms with E-state index in [-0.39, 0.29) is 5.97 Å². The molecule has 0 aromatic heterocycles. The predicted octanol–water partition coefficient (Wildman–Crippen LogP) is 1.23. The maximum absolute atomic E-state index is 11.9. The van der Waals surface area contributed by atoms with Crippen molar-refractivity contribution in [3.05, 3.63) is 35.4 Å². The predicted molar refractivity (Wildman–Crippen MR) is 70.7 cm³/mol. The molecule has 2 heterocycles. The Balaban J connectivity index is 1.70. The van der Waals surface area contributed by atoms with Crippen molar-refractivity contribution in [3.8, 4) is 0 Å². The van der Waals surface area contributed by atoms with E-state index in [1.165, 1.54) is 18.2 Å². The van der Waals surface area contributed by atoms with E-state index in [1.54, 1.807) is 0 Å². The van der Waals surface area contributed by atoms with Gasteiger partial charge in [-0.25, -0.2) is 0 Å². The summed E-state index contributed by atoms with van der Waals surface area (Å²) in [6.07, 6.45) is 1.05. The number of hydrogen-bond donors (Lipinski definition) is 0. The minimum absolute atomic E-state index is 0.141. The van der Waals surface area contributed by atoms with Crippen LogP contribution in [-0.4, -0.2) is 44.3 Å². The largest absolute Gasteiger partial charge is 0.468 e. The molecule has 4 nitrogen and oxygen atoms in total. The van der Waals surface area contributed by atoms with E-state index in [4.69, 9.17) is 9.47 Å². The van der Waals surface area contributed by atoms with E-state index in [0.717, 1.165) is 26.1 Å². The summed E-state index contributed by atoms with van der Waals surface area (Å²) < 4.78 is 10.2. The second kappa shape index (κ2) is 4.94. The molecule has 1 aromatic rings. The van der Waals surface area contributed by atoms with E-state index in [2.05, 4.69) is 29.2 Å². The molecular weight excluding hydrogens is 242 g/mol. The van der Waals surface area contributed by atoms with Crippen molar-refractivity contribution in [2.45, 2.75) is 13.0 Å². The number of hydrogen-bond acceptors (Lipinski definition) is 4. The highest BCUT2D eigenvalue weighted by molar-refractivity contribution is 5.78. The fourth-order valence-corrected chi connectivity index (χ4v) is 2.96. The first-order valence-electron chi connectivity index (χ1n) is 6.69. The van der Waals surface area contributed by atoms with Gasteiger partial charge in [-0.15, -0.1) is 0 Å². The van der Waals surface area contributed by atoms with Crippen LogP contribution in [0.1, 0.15) is 11.1 Å². The number of carbonyl (C=O) groups excluding carboxylic acids is 1. The van der Waals surface area contributed by atoms with E-state index >= 15 is 0 Å². The molecule has 0 bridgehead atoms. The van der Waals surface area contributed by atoms with Crippen molar-refractivity contribution in [1.29, 1.82) is 0 Å². The van der Waals surface area contributed by atoms with Crippen LogP contribution in [0.3, 0.4) is 0 Å². The van der Waals surface area contributed by atoms with Gasteiger partial charge in [0.25, 0.3) is 0 Å². The number of methoxy groups -OCH3 is 1. The lowest BCUT2D eigenvalue weighted by atomic mass is 9.84. The molecule has 3 rings (SSSR count). The molecule has 1 aromatic carbocycles. The molecule has 0 unspecified atom stereocenters. The summed E-state index contributed by atoms with van der Waals surface area (Å²) in [5.41, 5.74) is 2.35. The van der Waals surface area contributed by atoms with Crippen LogP contribution in [0, 0.1) is 5.41 Å². The van der Waals surface area contributed by atoms with Gasteiger partial charge in [-0.2, -0.15) is 0 Å². The van der Waals surface area contributed by atoms with Gasteiger partial charge in [-0.3, -0.25) is 9.69 Å². The van der Waals surface area contributed by atoms with Crippen molar-refractivity contribution < 1.29 is 14.3 Å². The van der Waals surface area contributed by atoms with Gasteiger partial charge in [0.1, 0.15) is 5.41 Å². The van der Waals surface area contributed by atoms with Gasteiger partial charge in [-0.1, -0.05) is 24.3 Å². The van der Waals surface area contributed by atoms with Crippen molar-refractivity contribution in [1.82, 2.24) is 4.90 Å². The summed E-state index contributed by atoms with van der Waals surface area (Å²) in [5, 5.41) is 0. The van der Waals surface area contributed by atoms with Crippen molar-refractivity contribution >= 4 is 5.97 Å². The van der Waals surface area contributed by atoms with E-state index in [0.29, 0.717) is 13.2 Å². The molecule has 19 heavy (non-hydrogen) atoms. The summed E-state index contributed by atoms with van der Waals surface area (Å²) in [4.78, 5) is 14.2. The van der Waals surface area contributed by atoms with E-state index in [9.17, 15) is 4.79 Å². The van der Waals surface area contributed by atoms with Crippen LogP contribution in [0.5, 0.6) is 0 Å². The molecular formula is C15H19NO3. The van der Waals surface area contributed by atoms with Crippen molar-refractivity contribution in [2.24, 2.45) is 5.41 Å². The Morgan fingerprint density at radius 2 is 2.11 bits per heavy atom. The van der Waals surface area contributed by atoms with Gasteiger partial charge >= 0.3 is 5.97 Å². The van der Waals surface area contributed by atoms with Gasteiger partial charge in [0.05, 0.1) is 20.3 Å². The fraction of sp³-hybridized carbons (Fsp3) is 0.533. The second-order valence-corrected chi connectivity index (χ2v) is 5.49. The number of carbonyl (C=O) groups is 1. The van der Waals surface area contributed by atoms with E-state index in [1.807, 2.05) is 0 Å². The Labute approximate surface area is 113 Å². The standard InChI is InChI=1S/C15H19NO3/c1-18-14(17)15(10-19-11-15)9-16-7-6-12-4-2-3-5-13(12)8-16/h2-5H,6-11H2,1H3. The summed E-state index contributed by atoms with van der Waals surface area (Å²) in [6.45, 7) is 3.61. The molecule has 102 valence electrons. The zero-order valence-electron chi connectivity index (χ0n) is 11.2. The van der Waals surface area contributed by atoms with Crippen LogP contribution in [0.4, 0.5) is 0 Å².